The Morgan fingerprint density at radius 1 is 0.647 bits per heavy atom. The molecule has 0 spiro atoms. The highest BCUT2D eigenvalue weighted by Crippen LogP contribution is 2.21. The van der Waals surface area contributed by atoms with E-state index in [0.29, 0.717) is 6.42 Å². The molecule has 0 aliphatic rings. The summed E-state index contributed by atoms with van der Waals surface area (Å²) in [7, 11) is 4.49. The number of unbranched alkanes of at least 4 members (excludes halogenated alkanes) is 18. The summed E-state index contributed by atoms with van der Waals surface area (Å²) in [5.74, 6) is -0.680. The third-order valence-electron chi connectivity index (χ3n) is 7.24. The number of aliphatic carboxylic acids is 1. The molecule has 0 bridgehead atoms. The van der Waals surface area contributed by atoms with Gasteiger partial charge < -0.3 is 14.7 Å². The van der Waals surface area contributed by atoms with E-state index < -0.39 is 11.6 Å². The van der Waals surface area contributed by atoms with Gasteiger partial charge in [0.2, 0.25) is 0 Å². The molecule has 0 heterocycles. The van der Waals surface area contributed by atoms with Gasteiger partial charge in [-0.25, -0.2) is 0 Å². The molecule has 204 valence electrons. The van der Waals surface area contributed by atoms with Crippen LogP contribution >= 0.6 is 0 Å². The lowest BCUT2D eigenvalue weighted by atomic mass is 9.96. The fraction of sp³-hybridized carbons (Fsp3) is 0.967. The molecule has 1 atom stereocenters. The van der Waals surface area contributed by atoms with E-state index in [0.717, 1.165) is 49.7 Å². The SMILES string of the molecule is CCCCCCCCCCCCCCCCC(C)(O)C[N+](C)(C)CCCCCCCCC(=O)O. The molecule has 4 nitrogen and oxygen atoms in total. The second kappa shape index (κ2) is 21.7. The molecule has 0 aliphatic heterocycles. The topological polar surface area (TPSA) is 57.5 Å². The monoisotopic (exact) mass is 484 g/mol. The van der Waals surface area contributed by atoms with E-state index in [2.05, 4.69) is 21.0 Å². The molecule has 1 unspecified atom stereocenters. The first-order valence-corrected chi connectivity index (χ1v) is 14.9. The summed E-state index contributed by atoms with van der Waals surface area (Å²) in [6.07, 6.45) is 26.9. The number of carboxylic acid groups (broad SMARTS) is 1. The molecule has 0 fully saturated rings. The molecule has 0 saturated carbocycles. The number of hydrogen-bond acceptors (Lipinski definition) is 2. The summed E-state index contributed by atoms with van der Waals surface area (Å²) in [4.78, 5) is 10.5. The second-order valence-electron chi connectivity index (χ2n) is 11.9. The first kappa shape index (κ1) is 33.4. The lowest BCUT2D eigenvalue weighted by molar-refractivity contribution is -0.896. The van der Waals surface area contributed by atoms with Gasteiger partial charge in [-0.3, -0.25) is 4.79 Å². The molecular weight excluding hydrogens is 422 g/mol. The third-order valence-corrected chi connectivity index (χ3v) is 7.24. The highest BCUT2D eigenvalue weighted by molar-refractivity contribution is 5.66. The Balaban J connectivity index is 3.61. The largest absolute Gasteiger partial charge is 0.481 e. The zero-order chi connectivity index (χ0) is 25.5. The minimum Gasteiger partial charge on any atom is -0.481 e. The number of carbonyl (C=O) groups is 1. The van der Waals surface area contributed by atoms with Crippen LogP contribution in [0.2, 0.25) is 0 Å². The van der Waals surface area contributed by atoms with Crippen molar-refractivity contribution in [1.29, 1.82) is 0 Å². The van der Waals surface area contributed by atoms with Crippen LogP contribution in [0.4, 0.5) is 0 Å². The van der Waals surface area contributed by atoms with Crippen LogP contribution in [-0.4, -0.2) is 53.5 Å². The van der Waals surface area contributed by atoms with Gasteiger partial charge in [-0.2, -0.15) is 0 Å². The van der Waals surface area contributed by atoms with Crippen LogP contribution in [0.15, 0.2) is 0 Å². The number of carboxylic acids is 1. The lowest BCUT2D eigenvalue weighted by Crippen LogP contribution is -2.50. The minimum atomic E-state index is -0.680. The Labute approximate surface area is 213 Å². The Kier molecular flexibility index (Phi) is 21.3. The molecule has 0 rings (SSSR count). The van der Waals surface area contributed by atoms with Crippen molar-refractivity contribution < 1.29 is 19.5 Å². The molecule has 0 saturated heterocycles. The van der Waals surface area contributed by atoms with Crippen LogP contribution < -0.4 is 0 Å². The van der Waals surface area contributed by atoms with Gasteiger partial charge in [-0.1, -0.05) is 116 Å². The smallest absolute Gasteiger partial charge is 0.303 e. The van der Waals surface area contributed by atoms with Crippen LogP contribution in [-0.2, 0) is 4.79 Å². The van der Waals surface area contributed by atoms with Crippen LogP contribution in [0.1, 0.15) is 155 Å². The lowest BCUT2D eigenvalue weighted by Gasteiger charge is -2.36. The zero-order valence-corrected chi connectivity index (χ0v) is 23.7. The van der Waals surface area contributed by atoms with Crippen molar-refractivity contribution in [2.45, 2.75) is 161 Å². The Bertz CT molecular complexity index is 462. The van der Waals surface area contributed by atoms with Crippen LogP contribution in [0.5, 0.6) is 0 Å². The Morgan fingerprint density at radius 2 is 1.03 bits per heavy atom. The van der Waals surface area contributed by atoms with E-state index >= 15 is 0 Å². The van der Waals surface area contributed by atoms with Crippen LogP contribution in [0, 0.1) is 0 Å². The maximum Gasteiger partial charge on any atom is 0.303 e. The van der Waals surface area contributed by atoms with Crippen molar-refractivity contribution in [3.05, 3.63) is 0 Å². The van der Waals surface area contributed by atoms with Crippen molar-refractivity contribution in [2.75, 3.05) is 27.2 Å². The first-order chi connectivity index (χ1) is 16.2. The Morgan fingerprint density at radius 3 is 1.47 bits per heavy atom. The van der Waals surface area contributed by atoms with Gasteiger partial charge in [0.1, 0.15) is 12.1 Å². The molecular formula is C30H62NO3+. The average Bonchev–Trinajstić information content (AvgIpc) is 2.74. The molecule has 34 heavy (non-hydrogen) atoms. The molecule has 0 aromatic carbocycles. The molecule has 0 radical (unpaired) electrons. The third kappa shape index (κ3) is 24.5. The summed E-state index contributed by atoms with van der Waals surface area (Å²) >= 11 is 0. The highest BCUT2D eigenvalue weighted by atomic mass is 16.4. The van der Waals surface area contributed by atoms with Crippen LogP contribution in [0.25, 0.3) is 0 Å². The number of hydrogen-bond donors (Lipinski definition) is 2. The quantitative estimate of drug-likeness (QED) is 0.0955. The van der Waals surface area contributed by atoms with Crippen molar-refractivity contribution >= 4 is 5.97 Å². The molecule has 4 heteroatoms. The summed E-state index contributed by atoms with van der Waals surface area (Å²) < 4.78 is 0.880. The molecule has 0 amide bonds. The number of quaternary nitrogens is 1. The van der Waals surface area contributed by atoms with Crippen molar-refractivity contribution in [3.8, 4) is 0 Å². The molecule has 0 aromatic heterocycles. The highest BCUT2D eigenvalue weighted by Gasteiger charge is 2.29. The van der Waals surface area contributed by atoms with E-state index in [1.165, 1.54) is 103 Å². The van der Waals surface area contributed by atoms with E-state index in [4.69, 9.17) is 5.11 Å². The van der Waals surface area contributed by atoms with Gasteiger partial charge in [0.25, 0.3) is 0 Å². The zero-order valence-electron chi connectivity index (χ0n) is 23.7. The minimum absolute atomic E-state index is 0.304. The maximum absolute atomic E-state index is 10.9. The predicted octanol–water partition coefficient (Wildman–Crippen LogP) is 8.50. The fourth-order valence-electron chi connectivity index (χ4n) is 5.30. The number of rotatable bonds is 26. The van der Waals surface area contributed by atoms with Gasteiger partial charge in [0.05, 0.1) is 20.6 Å². The van der Waals surface area contributed by atoms with Crippen LogP contribution in [0.3, 0.4) is 0 Å². The predicted molar refractivity (Wildman–Crippen MR) is 147 cm³/mol. The van der Waals surface area contributed by atoms with Crippen molar-refractivity contribution in [3.63, 3.8) is 0 Å². The van der Waals surface area contributed by atoms with Gasteiger partial charge in [-0.15, -0.1) is 0 Å². The van der Waals surface area contributed by atoms with Crippen molar-refractivity contribution in [1.82, 2.24) is 0 Å². The second-order valence-corrected chi connectivity index (χ2v) is 11.9. The van der Waals surface area contributed by atoms with E-state index in [1.807, 2.05) is 6.92 Å². The summed E-state index contributed by atoms with van der Waals surface area (Å²) in [5.41, 5.74) is -0.572. The Hall–Kier alpha value is -0.610. The normalized spacial score (nSPS) is 13.8. The van der Waals surface area contributed by atoms with Gasteiger partial charge in [0, 0.05) is 6.42 Å². The number of likely N-dealkylation sites (N-methyl/N-ethyl adjacent to an activating group) is 1. The van der Waals surface area contributed by atoms with Crippen molar-refractivity contribution in [2.24, 2.45) is 0 Å². The number of aliphatic hydroxyl groups is 1. The maximum atomic E-state index is 10.9. The first-order valence-electron chi connectivity index (χ1n) is 14.9. The number of nitrogens with zero attached hydrogens (tertiary/aromatic N) is 1. The molecule has 0 aromatic rings. The van der Waals surface area contributed by atoms with Gasteiger partial charge in [-0.05, 0) is 32.6 Å². The average molecular weight is 485 g/mol. The molecule has 0 aliphatic carbocycles. The molecule has 2 N–H and O–H groups in total. The van der Waals surface area contributed by atoms with Gasteiger partial charge >= 0.3 is 5.97 Å². The van der Waals surface area contributed by atoms with E-state index in [9.17, 15) is 9.90 Å². The summed E-state index contributed by atoms with van der Waals surface area (Å²) in [5, 5.41) is 19.6. The summed E-state index contributed by atoms with van der Waals surface area (Å²) in [6.45, 7) is 6.23. The van der Waals surface area contributed by atoms with E-state index in [1.54, 1.807) is 0 Å². The standard InChI is InChI=1S/C30H61NO3/c1-5-6-7-8-9-10-11-12-13-14-15-17-20-23-26-30(2,34)28-31(3,4)27-24-21-18-16-19-22-25-29(32)33/h34H,5-28H2,1-4H3/p+1. The van der Waals surface area contributed by atoms with Gasteiger partial charge in [0.15, 0.2) is 0 Å². The fourth-order valence-corrected chi connectivity index (χ4v) is 5.30. The summed E-state index contributed by atoms with van der Waals surface area (Å²) in [6, 6.07) is 0. The van der Waals surface area contributed by atoms with E-state index in [-0.39, 0.29) is 0 Å².